The fraction of sp³-hybridized carbons (Fsp3) is 0.214. The largest absolute Gasteiger partial charge is 0.490 e. The highest BCUT2D eigenvalue weighted by Gasteiger charge is 2.10. The summed E-state index contributed by atoms with van der Waals surface area (Å²) in [4.78, 5) is 22.0. The Labute approximate surface area is 205 Å². The van der Waals surface area contributed by atoms with E-state index in [0.29, 0.717) is 37.9 Å². The van der Waals surface area contributed by atoms with Crippen molar-refractivity contribution in [1.82, 2.24) is 14.9 Å². The monoisotopic (exact) mass is 471 g/mol. The van der Waals surface area contributed by atoms with Gasteiger partial charge in [0.2, 0.25) is 5.91 Å². The number of aromatic nitrogens is 2. The SMILES string of the molecule is CCOc1cc(/C=C/C(=O)N(C)Cc2nc3ccccc3[nH]2)ccc1OCCOc1ccccc1. The quantitative estimate of drug-likeness (QED) is 0.244. The number of hydrogen-bond donors (Lipinski definition) is 1. The molecule has 0 radical (unpaired) electrons. The van der Waals surface area contributed by atoms with E-state index in [9.17, 15) is 4.79 Å². The highest BCUT2D eigenvalue weighted by Crippen LogP contribution is 2.29. The van der Waals surface area contributed by atoms with Crippen LogP contribution >= 0.6 is 0 Å². The first-order chi connectivity index (χ1) is 17.1. The minimum Gasteiger partial charge on any atom is -0.490 e. The Kier molecular flexibility index (Phi) is 8.01. The first-order valence-corrected chi connectivity index (χ1v) is 11.6. The summed E-state index contributed by atoms with van der Waals surface area (Å²) in [5, 5.41) is 0. The fourth-order valence-corrected chi connectivity index (χ4v) is 3.52. The van der Waals surface area contributed by atoms with Crippen LogP contribution in [-0.2, 0) is 11.3 Å². The minimum atomic E-state index is -0.123. The second kappa shape index (κ2) is 11.7. The lowest BCUT2D eigenvalue weighted by atomic mass is 10.2. The Balaban J connectivity index is 1.33. The Morgan fingerprint density at radius 2 is 1.71 bits per heavy atom. The third kappa shape index (κ3) is 6.63. The van der Waals surface area contributed by atoms with Crippen LogP contribution in [0, 0.1) is 0 Å². The zero-order chi connectivity index (χ0) is 24.5. The van der Waals surface area contributed by atoms with Gasteiger partial charge in [0.05, 0.1) is 24.2 Å². The number of ether oxygens (including phenoxy) is 3. The van der Waals surface area contributed by atoms with Gasteiger partial charge in [-0.2, -0.15) is 0 Å². The first-order valence-electron chi connectivity index (χ1n) is 11.6. The van der Waals surface area contributed by atoms with E-state index in [1.54, 1.807) is 24.1 Å². The molecule has 0 fully saturated rings. The highest BCUT2D eigenvalue weighted by atomic mass is 16.5. The Morgan fingerprint density at radius 1 is 0.943 bits per heavy atom. The van der Waals surface area contributed by atoms with Crippen molar-refractivity contribution in [2.24, 2.45) is 0 Å². The average molecular weight is 472 g/mol. The molecule has 180 valence electrons. The summed E-state index contributed by atoms with van der Waals surface area (Å²) in [6, 6.07) is 23.0. The highest BCUT2D eigenvalue weighted by molar-refractivity contribution is 5.91. The summed E-state index contributed by atoms with van der Waals surface area (Å²) in [6.45, 7) is 3.61. The van der Waals surface area contributed by atoms with Crippen LogP contribution in [0.2, 0.25) is 0 Å². The Bertz CT molecular complexity index is 1250. The van der Waals surface area contributed by atoms with Crippen molar-refractivity contribution < 1.29 is 19.0 Å². The molecule has 35 heavy (non-hydrogen) atoms. The van der Waals surface area contributed by atoms with Crippen molar-refractivity contribution in [3.63, 3.8) is 0 Å². The van der Waals surface area contributed by atoms with E-state index in [0.717, 1.165) is 28.2 Å². The number of rotatable bonds is 11. The van der Waals surface area contributed by atoms with Crippen LogP contribution in [0.1, 0.15) is 18.3 Å². The van der Waals surface area contributed by atoms with Gasteiger partial charge in [0.1, 0.15) is 24.8 Å². The van der Waals surface area contributed by atoms with Crippen LogP contribution in [0.5, 0.6) is 17.2 Å². The molecular formula is C28H29N3O4. The van der Waals surface area contributed by atoms with E-state index in [1.165, 1.54) is 0 Å². The first kappa shape index (κ1) is 23.9. The molecule has 1 heterocycles. The summed E-state index contributed by atoms with van der Waals surface area (Å²) in [7, 11) is 1.75. The molecule has 1 aromatic heterocycles. The van der Waals surface area contributed by atoms with Gasteiger partial charge in [-0.25, -0.2) is 4.98 Å². The Morgan fingerprint density at radius 3 is 2.51 bits per heavy atom. The normalized spacial score (nSPS) is 11.0. The number of likely N-dealkylation sites (N-methyl/N-ethyl adjacent to an activating group) is 1. The summed E-state index contributed by atoms with van der Waals surface area (Å²) >= 11 is 0. The number of para-hydroxylation sites is 3. The molecule has 0 bridgehead atoms. The number of nitrogens with zero attached hydrogens (tertiary/aromatic N) is 2. The molecule has 1 N–H and O–H groups in total. The molecule has 0 spiro atoms. The van der Waals surface area contributed by atoms with Crippen molar-refractivity contribution in [3.8, 4) is 17.2 Å². The van der Waals surface area contributed by atoms with Gasteiger partial charge in [-0.15, -0.1) is 0 Å². The van der Waals surface area contributed by atoms with Gasteiger partial charge in [0, 0.05) is 13.1 Å². The van der Waals surface area contributed by atoms with Crippen molar-refractivity contribution in [2.45, 2.75) is 13.5 Å². The zero-order valence-electron chi connectivity index (χ0n) is 19.9. The lowest BCUT2D eigenvalue weighted by Crippen LogP contribution is -2.24. The maximum Gasteiger partial charge on any atom is 0.246 e. The number of amides is 1. The standard InChI is InChI=1S/C28H29N3O4/c1-3-33-26-19-21(13-15-25(26)35-18-17-34-22-9-5-4-6-10-22)14-16-28(32)31(2)20-27-29-23-11-7-8-12-24(23)30-27/h4-16,19H,3,17-18,20H2,1-2H3,(H,29,30)/b16-14+. The number of imidazole rings is 1. The number of hydrogen-bond acceptors (Lipinski definition) is 5. The topological polar surface area (TPSA) is 76.7 Å². The average Bonchev–Trinajstić information content (AvgIpc) is 3.29. The van der Waals surface area contributed by atoms with Gasteiger partial charge in [0.25, 0.3) is 0 Å². The summed E-state index contributed by atoms with van der Waals surface area (Å²) in [6.07, 6.45) is 3.31. The van der Waals surface area contributed by atoms with Gasteiger partial charge in [-0.3, -0.25) is 4.79 Å². The van der Waals surface area contributed by atoms with Gasteiger partial charge < -0.3 is 24.1 Å². The van der Waals surface area contributed by atoms with Gasteiger partial charge >= 0.3 is 0 Å². The van der Waals surface area contributed by atoms with Crippen LogP contribution in [0.3, 0.4) is 0 Å². The molecule has 0 atom stereocenters. The van der Waals surface area contributed by atoms with E-state index in [4.69, 9.17) is 14.2 Å². The molecule has 7 nitrogen and oxygen atoms in total. The minimum absolute atomic E-state index is 0.123. The third-order valence-corrected chi connectivity index (χ3v) is 5.24. The molecule has 0 aliphatic rings. The molecule has 0 aliphatic heterocycles. The molecule has 0 saturated heterocycles. The smallest absolute Gasteiger partial charge is 0.246 e. The maximum atomic E-state index is 12.6. The third-order valence-electron chi connectivity index (χ3n) is 5.24. The Hall–Kier alpha value is -4.26. The van der Waals surface area contributed by atoms with Crippen LogP contribution in [0.25, 0.3) is 17.1 Å². The molecule has 0 unspecified atom stereocenters. The molecule has 0 aliphatic carbocycles. The second-order valence-corrected chi connectivity index (χ2v) is 7.88. The number of carbonyl (C=O) groups is 1. The number of aromatic amines is 1. The number of H-pyrrole nitrogens is 1. The van der Waals surface area contributed by atoms with Crippen molar-refractivity contribution >= 4 is 23.0 Å². The molecular weight excluding hydrogens is 442 g/mol. The van der Waals surface area contributed by atoms with Gasteiger partial charge in [-0.05, 0) is 55.0 Å². The van der Waals surface area contributed by atoms with Gasteiger partial charge in [-0.1, -0.05) is 36.4 Å². The second-order valence-electron chi connectivity index (χ2n) is 7.88. The van der Waals surface area contributed by atoms with E-state index in [1.807, 2.05) is 79.7 Å². The van der Waals surface area contributed by atoms with E-state index in [-0.39, 0.29) is 5.91 Å². The predicted molar refractivity (Wildman–Crippen MR) is 137 cm³/mol. The molecule has 3 aromatic carbocycles. The van der Waals surface area contributed by atoms with Crippen molar-refractivity contribution in [1.29, 1.82) is 0 Å². The van der Waals surface area contributed by atoms with E-state index in [2.05, 4.69) is 9.97 Å². The van der Waals surface area contributed by atoms with Crippen LogP contribution in [-0.4, -0.2) is 47.6 Å². The summed E-state index contributed by atoms with van der Waals surface area (Å²) in [5.74, 6) is 2.68. The summed E-state index contributed by atoms with van der Waals surface area (Å²) < 4.78 is 17.3. The lowest BCUT2D eigenvalue weighted by molar-refractivity contribution is -0.125. The number of carbonyl (C=O) groups excluding carboxylic acids is 1. The fourth-order valence-electron chi connectivity index (χ4n) is 3.52. The maximum absolute atomic E-state index is 12.6. The predicted octanol–water partition coefficient (Wildman–Crippen LogP) is 5.09. The van der Waals surface area contributed by atoms with Crippen LogP contribution < -0.4 is 14.2 Å². The molecule has 1 amide bonds. The summed E-state index contributed by atoms with van der Waals surface area (Å²) in [5.41, 5.74) is 2.68. The van der Waals surface area contributed by atoms with Crippen molar-refractivity contribution in [3.05, 3.63) is 90.3 Å². The number of benzene rings is 3. The lowest BCUT2D eigenvalue weighted by Gasteiger charge is -2.14. The van der Waals surface area contributed by atoms with E-state index >= 15 is 0 Å². The number of fused-ring (bicyclic) bond motifs is 1. The molecule has 0 saturated carbocycles. The zero-order valence-corrected chi connectivity index (χ0v) is 19.9. The number of nitrogens with one attached hydrogen (secondary N) is 1. The molecule has 7 heteroatoms. The van der Waals surface area contributed by atoms with Crippen LogP contribution in [0.15, 0.2) is 78.9 Å². The van der Waals surface area contributed by atoms with Crippen molar-refractivity contribution in [2.75, 3.05) is 26.9 Å². The van der Waals surface area contributed by atoms with Crippen LogP contribution in [0.4, 0.5) is 0 Å². The molecule has 4 aromatic rings. The van der Waals surface area contributed by atoms with Gasteiger partial charge in [0.15, 0.2) is 11.5 Å². The molecule has 4 rings (SSSR count). The van der Waals surface area contributed by atoms with E-state index < -0.39 is 0 Å².